The highest BCUT2D eigenvalue weighted by Crippen LogP contribution is 2.20. The molecular formula is C19H18N2O. The lowest BCUT2D eigenvalue weighted by Crippen LogP contribution is -2.12. The van der Waals surface area contributed by atoms with Crippen LogP contribution in [0.3, 0.4) is 0 Å². The zero-order chi connectivity index (χ0) is 15.7. The van der Waals surface area contributed by atoms with Gasteiger partial charge in [-0.3, -0.25) is 9.79 Å². The van der Waals surface area contributed by atoms with Crippen LogP contribution in [0, 0.1) is 20.8 Å². The van der Waals surface area contributed by atoms with Gasteiger partial charge < -0.3 is 4.98 Å². The summed E-state index contributed by atoms with van der Waals surface area (Å²) < 4.78 is 0. The third-order valence-corrected chi connectivity index (χ3v) is 3.82. The maximum atomic E-state index is 12.2. The molecule has 3 heteroatoms. The van der Waals surface area contributed by atoms with Gasteiger partial charge in [0.2, 0.25) is 0 Å². The first-order chi connectivity index (χ1) is 10.5. The lowest BCUT2D eigenvalue weighted by atomic mass is 10.1. The number of para-hydroxylation sites is 1. The van der Waals surface area contributed by atoms with Crippen molar-refractivity contribution in [2.24, 2.45) is 4.99 Å². The molecule has 110 valence electrons. The van der Waals surface area contributed by atoms with Crippen LogP contribution in [0.15, 0.2) is 52.3 Å². The van der Waals surface area contributed by atoms with Crippen LogP contribution in [-0.2, 0) is 0 Å². The van der Waals surface area contributed by atoms with Gasteiger partial charge in [-0.2, -0.15) is 0 Å². The summed E-state index contributed by atoms with van der Waals surface area (Å²) in [6.45, 7) is 6.03. The molecule has 3 nitrogen and oxygen atoms in total. The van der Waals surface area contributed by atoms with Gasteiger partial charge in [0.15, 0.2) is 0 Å². The Kier molecular flexibility index (Phi) is 3.63. The summed E-state index contributed by atoms with van der Waals surface area (Å²) >= 11 is 0. The van der Waals surface area contributed by atoms with E-state index in [-0.39, 0.29) is 5.56 Å². The van der Waals surface area contributed by atoms with E-state index in [9.17, 15) is 4.79 Å². The Morgan fingerprint density at radius 1 is 1.00 bits per heavy atom. The third-order valence-electron chi connectivity index (χ3n) is 3.82. The minimum absolute atomic E-state index is 0.115. The largest absolute Gasteiger partial charge is 0.321 e. The van der Waals surface area contributed by atoms with Gasteiger partial charge in [-0.25, -0.2) is 0 Å². The quantitative estimate of drug-likeness (QED) is 0.706. The van der Waals surface area contributed by atoms with E-state index in [0.717, 1.165) is 33.3 Å². The summed E-state index contributed by atoms with van der Waals surface area (Å²) in [5, 5.41) is 1.02. The zero-order valence-electron chi connectivity index (χ0n) is 13.0. The van der Waals surface area contributed by atoms with Crippen molar-refractivity contribution in [1.82, 2.24) is 4.98 Å². The summed E-state index contributed by atoms with van der Waals surface area (Å²) in [7, 11) is 0. The molecule has 3 rings (SSSR count). The smallest absolute Gasteiger partial charge is 0.257 e. The Bertz CT molecular complexity index is 936. The number of benzene rings is 2. The summed E-state index contributed by atoms with van der Waals surface area (Å²) in [5.74, 6) is 0. The minimum Gasteiger partial charge on any atom is -0.321 e. The molecule has 1 heterocycles. The highest BCUT2D eigenvalue weighted by atomic mass is 16.1. The van der Waals surface area contributed by atoms with Crippen LogP contribution in [0.1, 0.15) is 22.3 Å². The van der Waals surface area contributed by atoms with Crippen molar-refractivity contribution in [3.8, 4) is 0 Å². The molecule has 0 saturated carbocycles. The van der Waals surface area contributed by atoms with Gasteiger partial charge >= 0.3 is 0 Å². The molecule has 0 aliphatic heterocycles. The van der Waals surface area contributed by atoms with E-state index in [1.165, 1.54) is 0 Å². The molecule has 3 aromatic rings. The number of aryl methyl sites for hydroxylation is 3. The summed E-state index contributed by atoms with van der Waals surface area (Å²) in [6, 6.07) is 14.0. The molecule has 0 spiro atoms. The fourth-order valence-electron chi connectivity index (χ4n) is 2.49. The van der Waals surface area contributed by atoms with E-state index in [0.29, 0.717) is 5.56 Å². The van der Waals surface area contributed by atoms with Gasteiger partial charge in [0.05, 0.1) is 16.8 Å². The number of hydrogen-bond acceptors (Lipinski definition) is 2. The number of pyridine rings is 1. The Balaban J connectivity index is 2.07. The van der Waals surface area contributed by atoms with Crippen molar-refractivity contribution >= 4 is 22.8 Å². The first kappa shape index (κ1) is 14.3. The summed E-state index contributed by atoms with van der Waals surface area (Å²) in [5.41, 5.74) is 5.54. The number of aromatic nitrogens is 1. The van der Waals surface area contributed by atoms with E-state index in [1.807, 2.05) is 57.2 Å². The van der Waals surface area contributed by atoms with Crippen LogP contribution in [-0.4, -0.2) is 11.2 Å². The number of rotatable bonds is 2. The van der Waals surface area contributed by atoms with Gasteiger partial charge in [-0.05, 0) is 55.0 Å². The van der Waals surface area contributed by atoms with Crippen molar-refractivity contribution in [3.63, 3.8) is 0 Å². The van der Waals surface area contributed by atoms with Crippen LogP contribution in [0.2, 0.25) is 0 Å². The molecule has 0 radical (unpaired) electrons. The fraction of sp³-hybridized carbons (Fsp3) is 0.158. The van der Waals surface area contributed by atoms with E-state index < -0.39 is 0 Å². The van der Waals surface area contributed by atoms with Gasteiger partial charge in [0, 0.05) is 6.21 Å². The van der Waals surface area contributed by atoms with Crippen molar-refractivity contribution in [1.29, 1.82) is 0 Å². The maximum Gasteiger partial charge on any atom is 0.257 e. The van der Waals surface area contributed by atoms with Crippen LogP contribution < -0.4 is 5.56 Å². The zero-order valence-corrected chi connectivity index (χ0v) is 13.0. The second-order valence-electron chi connectivity index (χ2n) is 5.64. The number of H-pyrrole nitrogens is 1. The molecule has 0 saturated heterocycles. The molecule has 22 heavy (non-hydrogen) atoms. The van der Waals surface area contributed by atoms with E-state index >= 15 is 0 Å². The Labute approximate surface area is 129 Å². The maximum absolute atomic E-state index is 12.2. The lowest BCUT2D eigenvalue weighted by Gasteiger charge is -2.03. The van der Waals surface area contributed by atoms with E-state index in [4.69, 9.17) is 0 Å². The molecular weight excluding hydrogens is 272 g/mol. The molecule has 1 N–H and O–H groups in total. The molecule has 0 atom stereocenters. The molecule has 0 fully saturated rings. The van der Waals surface area contributed by atoms with Gasteiger partial charge in [0.25, 0.3) is 5.56 Å². The van der Waals surface area contributed by atoms with Crippen LogP contribution >= 0.6 is 0 Å². The third kappa shape index (κ3) is 2.70. The van der Waals surface area contributed by atoms with Gasteiger partial charge in [0.1, 0.15) is 0 Å². The van der Waals surface area contributed by atoms with Crippen LogP contribution in [0.4, 0.5) is 5.69 Å². The molecule has 0 amide bonds. The topological polar surface area (TPSA) is 45.2 Å². The predicted octanol–water partition coefficient (Wildman–Crippen LogP) is 4.20. The monoisotopic (exact) mass is 290 g/mol. The first-order valence-electron chi connectivity index (χ1n) is 7.28. The Morgan fingerprint density at radius 3 is 2.64 bits per heavy atom. The van der Waals surface area contributed by atoms with Gasteiger partial charge in [-0.15, -0.1) is 0 Å². The molecule has 0 unspecified atom stereocenters. The highest BCUT2D eigenvalue weighted by Gasteiger charge is 2.03. The normalized spacial score (nSPS) is 11.4. The molecule has 0 aliphatic carbocycles. The number of aromatic amines is 1. The van der Waals surface area contributed by atoms with Crippen LogP contribution in [0.5, 0.6) is 0 Å². The number of nitrogens with zero attached hydrogens (tertiary/aromatic N) is 1. The number of nitrogens with one attached hydrogen (secondary N) is 1. The minimum atomic E-state index is -0.115. The molecule has 0 bridgehead atoms. The number of hydrogen-bond donors (Lipinski definition) is 1. The molecule has 2 aromatic carbocycles. The first-order valence-corrected chi connectivity index (χ1v) is 7.28. The SMILES string of the molecule is Cc1ccc(C)c(N=Cc2cc3cccc(C)c3[nH]c2=O)c1. The number of aliphatic imine (C=N–C) groups is 1. The average Bonchev–Trinajstić information content (AvgIpc) is 2.49. The summed E-state index contributed by atoms with van der Waals surface area (Å²) in [6.07, 6.45) is 1.64. The molecule has 1 aromatic heterocycles. The van der Waals surface area contributed by atoms with Crippen molar-refractivity contribution in [2.75, 3.05) is 0 Å². The second kappa shape index (κ2) is 5.60. The number of fused-ring (bicyclic) bond motifs is 1. The van der Waals surface area contributed by atoms with E-state index in [1.54, 1.807) is 6.21 Å². The Morgan fingerprint density at radius 2 is 1.82 bits per heavy atom. The highest BCUT2D eigenvalue weighted by molar-refractivity contribution is 5.89. The fourth-order valence-corrected chi connectivity index (χ4v) is 2.49. The van der Waals surface area contributed by atoms with Crippen molar-refractivity contribution in [2.45, 2.75) is 20.8 Å². The average molecular weight is 290 g/mol. The predicted molar refractivity (Wildman–Crippen MR) is 92.5 cm³/mol. The van der Waals surface area contributed by atoms with Crippen molar-refractivity contribution in [3.05, 3.63) is 75.1 Å². The molecule has 0 aliphatic rings. The second-order valence-corrected chi connectivity index (χ2v) is 5.64. The van der Waals surface area contributed by atoms with Gasteiger partial charge in [-0.1, -0.05) is 30.3 Å². The van der Waals surface area contributed by atoms with Crippen molar-refractivity contribution < 1.29 is 0 Å². The summed E-state index contributed by atoms with van der Waals surface area (Å²) in [4.78, 5) is 19.6. The van der Waals surface area contributed by atoms with Crippen LogP contribution in [0.25, 0.3) is 10.9 Å². The Hall–Kier alpha value is -2.68. The lowest BCUT2D eigenvalue weighted by molar-refractivity contribution is 1.27. The van der Waals surface area contributed by atoms with E-state index in [2.05, 4.69) is 16.0 Å². The standard InChI is InChI=1S/C19H18N2O/c1-12-7-8-13(2)17(9-12)20-11-16-10-15-6-4-5-14(3)18(15)21-19(16)22/h4-11H,1-3H3,(H,21,22).